The zero-order valence-corrected chi connectivity index (χ0v) is 16.8. The van der Waals surface area contributed by atoms with Gasteiger partial charge in [0, 0.05) is 9.86 Å². The lowest BCUT2D eigenvalue weighted by atomic mass is 9.71. The van der Waals surface area contributed by atoms with Crippen molar-refractivity contribution in [2.24, 2.45) is 5.41 Å². The van der Waals surface area contributed by atoms with Crippen molar-refractivity contribution in [2.45, 2.75) is 32.2 Å². The molecule has 0 radical (unpaired) electrons. The highest BCUT2D eigenvalue weighted by atomic mass is 79.9. The van der Waals surface area contributed by atoms with Gasteiger partial charge < -0.3 is 14.7 Å². The number of aromatic nitrogens is 2. The maximum atomic E-state index is 12.5. The molecule has 0 bridgehead atoms. The van der Waals surface area contributed by atoms with Gasteiger partial charge in [-0.05, 0) is 75.5 Å². The third-order valence-corrected chi connectivity index (χ3v) is 6.78. The van der Waals surface area contributed by atoms with E-state index >= 15 is 0 Å². The van der Waals surface area contributed by atoms with Crippen molar-refractivity contribution >= 4 is 38.0 Å². The predicted octanol–water partition coefficient (Wildman–Crippen LogP) is 3.40. The van der Waals surface area contributed by atoms with Crippen molar-refractivity contribution < 1.29 is 4.42 Å². The SMILES string of the molecule is O=c1[nH]c(CN2CCC3(CCNCC3)CC2)nc2c1oc1ccc(Br)cc12. The molecule has 0 aliphatic carbocycles. The lowest BCUT2D eigenvalue weighted by Crippen LogP contribution is -2.45. The summed E-state index contributed by atoms with van der Waals surface area (Å²) < 4.78 is 6.66. The Balaban J connectivity index is 1.40. The van der Waals surface area contributed by atoms with Crippen LogP contribution in [0.1, 0.15) is 31.5 Å². The molecular formula is C20H23BrN4O2. The molecule has 0 saturated carbocycles. The molecule has 142 valence electrons. The number of hydrogen-bond acceptors (Lipinski definition) is 5. The minimum absolute atomic E-state index is 0.200. The number of hydrogen-bond donors (Lipinski definition) is 2. The molecule has 2 saturated heterocycles. The number of halogens is 1. The molecule has 2 N–H and O–H groups in total. The van der Waals surface area contributed by atoms with Crippen molar-refractivity contribution in [1.82, 2.24) is 20.2 Å². The molecular weight excluding hydrogens is 408 g/mol. The van der Waals surface area contributed by atoms with Gasteiger partial charge in [0.05, 0.1) is 6.54 Å². The third-order valence-electron chi connectivity index (χ3n) is 6.29. The normalized spacial score (nSPS) is 20.6. The lowest BCUT2D eigenvalue weighted by Gasteiger charge is -2.44. The second-order valence-corrected chi connectivity index (χ2v) is 8.87. The third kappa shape index (κ3) is 3.22. The number of nitrogens with zero attached hydrogens (tertiary/aromatic N) is 2. The molecule has 27 heavy (non-hydrogen) atoms. The van der Waals surface area contributed by atoms with E-state index in [1.54, 1.807) is 0 Å². The summed E-state index contributed by atoms with van der Waals surface area (Å²) in [5, 5.41) is 4.35. The first-order valence-electron chi connectivity index (χ1n) is 9.66. The molecule has 0 amide bonds. The maximum Gasteiger partial charge on any atom is 0.294 e. The molecule has 1 spiro atoms. The van der Waals surface area contributed by atoms with Gasteiger partial charge in [0.15, 0.2) is 0 Å². The first kappa shape index (κ1) is 17.4. The Morgan fingerprint density at radius 1 is 1.19 bits per heavy atom. The highest BCUT2D eigenvalue weighted by Crippen LogP contribution is 2.39. The predicted molar refractivity (Wildman–Crippen MR) is 109 cm³/mol. The molecule has 2 fully saturated rings. The summed E-state index contributed by atoms with van der Waals surface area (Å²) in [6, 6.07) is 5.73. The van der Waals surface area contributed by atoms with E-state index in [1.807, 2.05) is 18.2 Å². The van der Waals surface area contributed by atoms with Crippen LogP contribution in [-0.4, -0.2) is 41.0 Å². The van der Waals surface area contributed by atoms with Crippen molar-refractivity contribution in [3.63, 3.8) is 0 Å². The summed E-state index contributed by atoms with van der Waals surface area (Å²) in [7, 11) is 0. The van der Waals surface area contributed by atoms with E-state index in [9.17, 15) is 4.79 Å². The molecule has 6 nitrogen and oxygen atoms in total. The smallest absolute Gasteiger partial charge is 0.294 e. The molecule has 5 rings (SSSR count). The molecule has 3 aromatic rings. The fraction of sp³-hybridized carbons (Fsp3) is 0.500. The molecule has 2 aromatic heterocycles. The highest BCUT2D eigenvalue weighted by molar-refractivity contribution is 9.10. The fourth-order valence-electron chi connectivity index (χ4n) is 4.60. The lowest BCUT2D eigenvalue weighted by molar-refractivity contribution is 0.0688. The number of furan rings is 1. The monoisotopic (exact) mass is 430 g/mol. The summed E-state index contributed by atoms with van der Waals surface area (Å²) in [6.07, 6.45) is 5.06. The van der Waals surface area contributed by atoms with Crippen molar-refractivity contribution in [3.05, 3.63) is 38.9 Å². The number of aromatic amines is 1. The van der Waals surface area contributed by atoms with Crippen molar-refractivity contribution in [2.75, 3.05) is 26.2 Å². The maximum absolute atomic E-state index is 12.5. The van der Waals surface area contributed by atoms with Gasteiger partial charge in [-0.3, -0.25) is 9.69 Å². The van der Waals surface area contributed by atoms with E-state index < -0.39 is 0 Å². The van der Waals surface area contributed by atoms with Gasteiger partial charge in [0.2, 0.25) is 5.58 Å². The second-order valence-electron chi connectivity index (χ2n) is 7.96. The number of benzene rings is 1. The average Bonchev–Trinajstić information content (AvgIpc) is 3.03. The van der Waals surface area contributed by atoms with Gasteiger partial charge in [-0.1, -0.05) is 15.9 Å². The zero-order valence-electron chi connectivity index (χ0n) is 15.2. The first-order valence-corrected chi connectivity index (χ1v) is 10.5. The molecule has 2 aliphatic rings. The molecule has 7 heteroatoms. The molecule has 2 aliphatic heterocycles. The van der Waals surface area contributed by atoms with Crippen LogP contribution < -0.4 is 10.9 Å². The Hall–Kier alpha value is -1.70. The highest BCUT2D eigenvalue weighted by Gasteiger charge is 2.35. The van der Waals surface area contributed by atoms with Crippen LogP contribution in [0.4, 0.5) is 0 Å². The van der Waals surface area contributed by atoms with E-state index in [-0.39, 0.29) is 5.56 Å². The Morgan fingerprint density at radius 2 is 1.96 bits per heavy atom. The topological polar surface area (TPSA) is 74.2 Å². The van der Waals surface area contributed by atoms with Crippen molar-refractivity contribution in [1.29, 1.82) is 0 Å². The van der Waals surface area contributed by atoms with Crippen LogP contribution in [0.15, 0.2) is 31.9 Å². The zero-order chi connectivity index (χ0) is 18.4. The Bertz CT molecular complexity index is 1040. The van der Waals surface area contributed by atoms with Gasteiger partial charge in [0.25, 0.3) is 5.56 Å². The number of piperidine rings is 2. The standard InChI is InChI=1S/C20H23BrN4O2/c21-13-1-2-15-14(11-13)17-18(27-15)19(26)24-16(23-17)12-25-9-5-20(6-10-25)3-7-22-8-4-20/h1-2,11,22H,3-10,12H2,(H,23,24,26). The van der Waals surface area contributed by atoms with E-state index in [4.69, 9.17) is 9.40 Å². The van der Waals surface area contributed by atoms with E-state index in [0.717, 1.165) is 41.9 Å². The number of likely N-dealkylation sites (tertiary alicyclic amines) is 1. The fourth-order valence-corrected chi connectivity index (χ4v) is 4.96. The minimum atomic E-state index is -0.200. The van der Waals surface area contributed by atoms with Crippen LogP contribution in [0.5, 0.6) is 0 Å². The van der Waals surface area contributed by atoms with E-state index in [1.165, 1.54) is 25.7 Å². The number of fused-ring (bicyclic) bond motifs is 3. The number of H-pyrrole nitrogens is 1. The van der Waals surface area contributed by atoms with Crippen LogP contribution in [0.25, 0.3) is 22.1 Å². The minimum Gasteiger partial charge on any atom is -0.449 e. The van der Waals surface area contributed by atoms with Gasteiger partial charge in [-0.25, -0.2) is 4.98 Å². The Morgan fingerprint density at radius 3 is 2.74 bits per heavy atom. The largest absolute Gasteiger partial charge is 0.449 e. The van der Waals surface area contributed by atoms with Crippen molar-refractivity contribution in [3.8, 4) is 0 Å². The van der Waals surface area contributed by atoms with Gasteiger partial charge in [0.1, 0.15) is 16.9 Å². The Kier molecular flexibility index (Phi) is 4.33. The summed E-state index contributed by atoms with van der Waals surface area (Å²) in [5.41, 5.74) is 1.97. The summed E-state index contributed by atoms with van der Waals surface area (Å²) in [5.74, 6) is 0.719. The van der Waals surface area contributed by atoms with Crippen LogP contribution in [-0.2, 0) is 6.54 Å². The first-order chi connectivity index (χ1) is 13.1. The molecule has 0 unspecified atom stereocenters. The van der Waals surface area contributed by atoms with Crippen LogP contribution in [0.2, 0.25) is 0 Å². The van der Waals surface area contributed by atoms with E-state index in [2.05, 4.69) is 31.1 Å². The van der Waals surface area contributed by atoms with Gasteiger partial charge in [-0.15, -0.1) is 0 Å². The van der Waals surface area contributed by atoms with Crippen LogP contribution in [0.3, 0.4) is 0 Å². The van der Waals surface area contributed by atoms with Crippen LogP contribution >= 0.6 is 15.9 Å². The Labute approximate surface area is 165 Å². The quantitative estimate of drug-likeness (QED) is 0.651. The second kappa shape index (κ2) is 6.72. The molecule has 4 heterocycles. The summed E-state index contributed by atoms with van der Waals surface area (Å²) in [4.78, 5) is 22.6. The average molecular weight is 431 g/mol. The van der Waals surface area contributed by atoms with Crippen LogP contribution in [0, 0.1) is 5.41 Å². The summed E-state index contributed by atoms with van der Waals surface area (Å²) >= 11 is 3.49. The van der Waals surface area contributed by atoms with Gasteiger partial charge >= 0.3 is 0 Å². The van der Waals surface area contributed by atoms with Gasteiger partial charge in [-0.2, -0.15) is 0 Å². The molecule has 1 aromatic carbocycles. The number of rotatable bonds is 2. The molecule has 0 atom stereocenters. The number of nitrogens with one attached hydrogen (secondary N) is 2. The summed E-state index contributed by atoms with van der Waals surface area (Å²) in [6.45, 7) is 5.11. The van der Waals surface area contributed by atoms with E-state index in [0.29, 0.717) is 28.6 Å².